The third kappa shape index (κ3) is 3.31. The summed E-state index contributed by atoms with van der Waals surface area (Å²) < 4.78 is 63.9. The van der Waals surface area contributed by atoms with Crippen molar-refractivity contribution in [2.75, 3.05) is 6.54 Å². The van der Waals surface area contributed by atoms with E-state index in [1.165, 1.54) is 0 Å². The summed E-state index contributed by atoms with van der Waals surface area (Å²) in [5, 5.41) is 2.71. The fraction of sp³-hybridized carbons (Fsp3) is 0.462. The summed E-state index contributed by atoms with van der Waals surface area (Å²) >= 11 is 0. The van der Waals surface area contributed by atoms with Gasteiger partial charge in [0.15, 0.2) is 11.6 Å². The Balaban J connectivity index is 2.34. The van der Waals surface area contributed by atoms with Gasteiger partial charge in [0.2, 0.25) is 5.91 Å². The molecule has 116 valence electrons. The van der Waals surface area contributed by atoms with Crippen molar-refractivity contribution in [3.05, 3.63) is 35.4 Å². The summed E-state index contributed by atoms with van der Waals surface area (Å²) in [5.74, 6) is -2.98. The zero-order chi connectivity index (χ0) is 15.8. The number of amides is 1. The lowest BCUT2D eigenvalue weighted by Crippen LogP contribution is -2.38. The molecule has 1 heterocycles. The van der Waals surface area contributed by atoms with Gasteiger partial charge in [-0.2, -0.15) is 13.2 Å². The van der Waals surface area contributed by atoms with Crippen LogP contribution >= 0.6 is 0 Å². The molecule has 0 aromatic heterocycles. The normalized spacial score (nSPS) is 23.0. The van der Waals surface area contributed by atoms with E-state index in [0.29, 0.717) is 11.3 Å². The van der Waals surface area contributed by atoms with Gasteiger partial charge in [0.1, 0.15) is 12.7 Å². The maximum Gasteiger partial charge on any atom is 0.406 e. The molecule has 1 aliphatic rings. The zero-order valence-electron chi connectivity index (χ0n) is 11.0. The van der Waals surface area contributed by atoms with Crippen molar-refractivity contribution >= 4 is 5.91 Å². The fourth-order valence-electron chi connectivity index (χ4n) is 2.29. The summed E-state index contributed by atoms with van der Waals surface area (Å²) in [7, 11) is 0. The molecule has 1 amide bonds. The van der Waals surface area contributed by atoms with Crippen molar-refractivity contribution in [2.24, 2.45) is 0 Å². The number of nitrogens with one attached hydrogen (secondary N) is 1. The van der Waals surface area contributed by atoms with Crippen LogP contribution in [0.15, 0.2) is 18.2 Å². The summed E-state index contributed by atoms with van der Waals surface area (Å²) in [6.45, 7) is 0.202. The predicted octanol–water partition coefficient (Wildman–Crippen LogP) is 2.74. The lowest BCUT2D eigenvalue weighted by atomic mass is 10.1. The molecule has 3 nitrogen and oxygen atoms in total. The van der Waals surface area contributed by atoms with E-state index >= 15 is 0 Å². The Hall–Kier alpha value is -1.70. The Morgan fingerprint density at radius 1 is 1.24 bits per heavy atom. The number of benzene rings is 1. The van der Waals surface area contributed by atoms with Crippen LogP contribution in [0, 0.1) is 11.6 Å². The van der Waals surface area contributed by atoms with Crippen molar-refractivity contribution in [3.63, 3.8) is 0 Å². The van der Waals surface area contributed by atoms with Crippen molar-refractivity contribution in [2.45, 2.75) is 31.7 Å². The number of nitrogens with zero attached hydrogens (tertiary/aromatic N) is 1. The van der Waals surface area contributed by atoms with Crippen LogP contribution in [0.2, 0.25) is 0 Å². The molecule has 1 aromatic rings. The molecule has 1 fully saturated rings. The van der Waals surface area contributed by atoms with Crippen molar-refractivity contribution < 1.29 is 26.7 Å². The Labute approximate surface area is 117 Å². The van der Waals surface area contributed by atoms with Crippen molar-refractivity contribution in [3.8, 4) is 0 Å². The molecule has 1 aliphatic heterocycles. The Morgan fingerprint density at radius 3 is 2.43 bits per heavy atom. The first-order valence-electron chi connectivity index (χ1n) is 6.31. The monoisotopic (exact) mass is 308 g/mol. The maximum absolute atomic E-state index is 13.2. The van der Waals surface area contributed by atoms with Crippen molar-refractivity contribution in [1.82, 2.24) is 10.2 Å². The molecule has 0 bridgehead atoms. The van der Waals surface area contributed by atoms with E-state index in [2.05, 4.69) is 5.32 Å². The van der Waals surface area contributed by atoms with E-state index < -0.39 is 42.5 Å². The van der Waals surface area contributed by atoms with Gasteiger partial charge in [0.05, 0.1) is 6.04 Å². The number of hydrogen-bond donors (Lipinski definition) is 1. The van der Waals surface area contributed by atoms with E-state index in [9.17, 15) is 26.7 Å². The second-order valence-corrected chi connectivity index (χ2v) is 4.78. The van der Waals surface area contributed by atoms with E-state index in [-0.39, 0.29) is 5.56 Å². The van der Waals surface area contributed by atoms with Gasteiger partial charge >= 0.3 is 6.18 Å². The van der Waals surface area contributed by atoms with E-state index in [4.69, 9.17) is 0 Å². The van der Waals surface area contributed by atoms with Crippen molar-refractivity contribution in [1.29, 1.82) is 0 Å². The molecule has 0 spiro atoms. The SMILES string of the molecule is CCC1NC(c2ccc(F)c(F)c2)N(CC(F)(F)F)C1=O. The highest BCUT2D eigenvalue weighted by Gasteiger charge is 2.44. The molecule has 0 aliphatic carbocycles. The molecular weight excluding hydrogens is 295 g/mol. The standard InChI is InChI=1S/C13H13F5N2O/c1-2-10-12(21)20(6-13(16,17)18)11(19-10)7-3-4-8(14)9(15)5-7/h3-5,10-11,19H,2,6H2,1H3. The van der Waals surface area contributed by atoms with Gasteiger partial charge in [-0.15, -0.1) is 0 Å². The van der Waals surface area contributed by atoms with E-state index in [0.717, 1.165) is 18.2 Å². The number of rotatable bonds is 3. The first-order chi connectivity index (χ1) is 9.73. The van der Waals surface area contributed by atoms with Crippen LogP contribution in [0.5, 0.6) is 0 Å². The number of carbonyl (C=O) groups excluding carboxylic acids is 1. The number of alkyl halides is 3. The number of halogens is 5. The Kier molecular flexibility index (Phi) is 4.18. The third-order valence-corrected chi connectivity index (χ3v) is 3.27. The van der Waals surface area contributed by atoms with Gasteiger partial charge < -0.3 is 4.90 Å². The Bertz CT molecular complexity index is 546. The second-order valence-electron chi connectivity index (χ2n) is 4.78. The van der Waals surface area contributed by atoms with E-state index in [1.807, 2.05) is 0 Å². The first kappa shape index (κ1) is 15.7. The van der Waals surface area contributed by atoms with Gasteiger partial charge in [-0.05, 0) is 24.1 Å². The molecule has 1 aromatic carbocycles. The highest BCUT2D eigenvalue weighted by molar-refractivity contribution is 5.84. The topological polar surface area (TPSA) is 32.3 Å². The molecule has 2 atom stereocenters. The zero-order valence-corrected chi connectivity index (χ0v) is 11.0. The fourth-order valence-corrected chi connectivity index (χ4v) is 2.29. The first-order valence-corrected chi connectivity index (χ1v) is 6.31. The molecule has 8 heteroatoms. The summed E-state index contributed by atoms with van der Waals surface area (Å²) in [4.78, 5) is 12.5. The molecule has 0 saturated carbocycles. The minimum Gasteiger partial charge on any atom is -0.312 e. The highest BCUT2D eigenvalue weighted by atomic mass is 19.4. The van der Waals surface area contributed by atoms with Crippen LogP contribution in [0.4, 0.5) is 22.0 Å². The predicted molar refractivity (Wildman–Crippen MR) is 64.1 cm³/mol. The minimum atomic E-state index is -4.57. The quantitative estimate of drug-likeness (QED) is 0.871. The van der Waals surface area contributed by atoms with E-state index in [1.54, 1.807) is 6.92 Å². The van der Waals surface area contributed by atoms with Gasteiger partial charge in [-0.25, -0.2) is 8.78 Å². The largest absolute Gasteiger partial charge is 0.406 e. The molecule has 2 unspecified atom stereocenters. The van der Waals surface area contributed by atoms with Crippen LogP contribution in [-0.2, 0) is 4.79 Å². The minimum absolute atomic E-state index is 0.0717. The Morgan fingerprint density at radius 2 is 1.90 bits per heavy atom. The molecule has 1 N–H and O–H groups in total. The summed E-state index contributed by atoms with van der Waals surface area (Å²) in [6.07, 6.45) is -5.40. The molecule has 2 rings (SSSR count). The number of hydrogen-bond acceptors (Lipinski definition) is 2. The number of carbonyl (C=O) groups is 1. The van der Waals surface area contributed by atoms with Crippen LogP contribution in [0.3, 0.4) is 0 Å². The van der Waals surface area contributed by atoms with Crippen LogP contribution in [0.25, 0.3) is 0 Å². The average molecular weight is 308 g/mol. The smallest absolute Gasteiger partial charge is 0.312 e. The second kappa shape index (κ2) is 5.59. The molecule has 21 heavy (non-hydrogen) atoms. The summed E-state index contributed by atoms with van der Waals surface area (Å²) in [5.41, 5.74) is 0.0717. The maximum atomic E-state index is 13.2. The molecular formula is C13H13F5N2O. The van der Waals surface area contributed by atoms with Gasteiger partial charge in [-0.3, -0.25) is 10.1 Å². The summed E-state index contributed by atoms with van der Waals surface area (Å²) in [6, 6.07) is 2.00. The van der Waals surface area contributed by atoms with Gasteiger partial charge in [-0.1, -0.05) is 13.0 Å². The molecule has 1 saturated heterocycles. The lowest BCUT2D eigenvalue weighted by Gasteiger charge is -2.25. The third-order valence-electron chi connectivity index (χ3n) is 3.27. The highest BCUT2D eigenvalue weighted by Crippen LogP contribution is 2.30. The van der Waals surface area contributed by atoms with Gasteiger partial charge in [0.25, 0.3) is 0 Å². The molecule has 0 radical (unpaired) electrons. The lowest BCUT2D eigenvalue weighted by molar-refractivity contribution is -0.161. The van der Waals surface area contributed by atoms with Crippen LogP contribution in [0.1, 0.15) is 25.1 Å². The average Bonchev–Trinajstić information content (AvgIpc) is 2.68. The van der Waals surface area contributed by atoms with Crippen LogP contribution < -0.4 is 5.32 Å². The van der Waals surface area contributed by atoms with Gasteiger partial charge in [0, 0.05) is 0 Å². The van der Waals surface area contributed by atoms with Crippen LogP contribution in [-0.4, -0.2) is 29.6 Å².